The molecule has 0 radical (unpaired) electrons. The van der Waals surface area contributed by atoms with Gasteiger partial charge in [0.1, 0.15) is 0 Å². The van der Waals surface area contributed by atoms with E-state index >= 15 is 0 Å². The van der Waals surface area contributed by atoms with Gasteiger partial charge in [0.25, 0.3) is 0 Å². The highest BCUT2D eigenvalue weighted by Crippen LogP contribution is 2.35. The molecule has 0 atom stereocenters. The average molecular weight is 361 g/mol. The summed E-state index contributed by atoms with van der Waals surface area (Å²) in [6.07, 6.45) is 2.45. The lowest BCUT2D eigenvalue weighted by Gasteiger charge is -2.48. The minimum atomic E-state index is -0.836. The van der Waals surface area contributed by atoms with E-state index in [-0.39, 0.29) is 19.2 Å². The third-order valence-corrected chi connectivity index (χ3v) is 4.39. The summed E-state index contributed by atoms with van der Waals surface area (Å²) in [4.78, 5) is 13.5. The Hall–Kier alpha value is -0.730. The number of hydrogen-bond acceptors (Lipinski definition) is 7. The van der Waals surface area contributed by atoms with E-state index < -0.39 is 17.0 Å². The van der Waals surface area contributed by atoms with Crippen molar-refractivity contribution in [3.8, 4) is 0 Å². The number of piperidine rings is 1. The quantitative estimate of drug-likeness (QED) is 0.448. The summed E-state index contributed by atoms with van der Waals surface area (Å²) in [5.74, 6) is -1.02. The van der Waals surface area contributed by atoms with E-state index in [0.29, 0.717) is 19.3 Å². The number of methoxy groups -OCH3 is 1. The Morgan fingerprint density at radius 3 is 1.92 bits per heavy atom. The molecule has 25 heavy (non-hydrogen) atoms. The van der Waals surface area contributed by atoms with Crippen LogP contribution in [-0.2, 0) is 19.0 Å². The first-order chi connectivity index (χ1) is 11.6. The first-order valence-electron chi connectivity index (χ1n) is 8.98. The lowest BCUT2D eigenvalue weighted by atomic mass is 9.99. The van der Waals surface area contributed by atoms with Crippen molar-refractivity contribution in [2.75, 3.05) is 40.0 Å². The molecule has 1 saturated heterocycles. The van der Waals surface area contributed by atoms with Gasteiger partial charge in [-0.2, -0.15) is 0 Å². The fourth-order valence-corrected chi connectivity index (χ4v) is 2.96. The summed E-state index contributed by atoms with van der Waals surface area (Å²) in [6, 6.07) is 0. The zero-order valence-corrected chi connectivity index (χ0v) is 16.3. The van der Waals surface area contributed by atoms with Crippen LogP contribution in [0.2, 0.25) is 0 Å². The third kappa shape index (κ3) is 7.58. The van der Waals surface area contributed by atoms with Gasteiger partial charge in [-0.15, -0.1) is 0 Å². The van der Waals surface area contributed by atoms with Gasteiger partial charge in [0.15, 0.2) is 5.79 Å². The summed E-state index contributed by atoms with van der Waals surface area (Å²) < 4.78 is 17.0. The molecule has 7 nitrogen and oxygen atoms in total. The summed E-state index contributed by atoms with van der Waals surface area (Å²) >= 11 is 0. The van der Waals surface area contributed by atoms with Crippen LogP contribution >= 0.6 is 0 Å². The van der Waals surface area contributed by atoms with Crippen LogP contribution in [0.3, 0.4) is 0 Å². The van der Waals surface area contributed by atoms with Crippen molar-refractivity contribution in [3.05, 3.63) is 0 Å². The van der Waals surface area contributed by atoms with Gasteiger partial charge in [0, 0.05) is 32.4 Å². The van der Waals surface area contributed by atoms with Crippen molar-refractivity contribution in [2.24, 2.45) is 0 Å². The summed E-state index contributed by atoms with van der Waals surface area (Å²) in [5, 5.41) is 19.1. The molecular formula is C18H35NO6. The molecule has 0 aromatic heterocycles. The van der Waals surface area contributed by atoms with Gasteiger partial charge in [-0.25, -0.2) is 0 Å². The molecule has 7 heteroatoms. The molecule has 0 unspecified atom stereocenters. The SMILES string of the molecule is COC(=O)CCCN1CCC(OC(C)(C)CO)(OC(C)(C)CO)CC1. The molecule has 1 heterocycles. The molecular weight excluding hydrogens is 326 g/mol. The van der Waals surface area contributed by atoms with Crippen molar-refractivity contribution in [1.82, 2.24) is 4.90 Å². The van der Waals surface area contributed by atoms with Gasteiger partial charge < -0.3 is 29.3 Å². The fraction of sp³-hybridized carbons (Fsp3) is 0.944. The molecule has 1 fully saturated rings. The van der Waals surface area contributed by atoms with Crippen LogP contribution in [0, 0.1) is 0 Å². The second-order valence-corrected chi connectivity index (χ2v) is 7.97. The maximum atomic E-state index is 11.2. The predicted octanol–water partition coefficient (Wildman–Crippen LogP) is 1.31. The van der Waals surface area contributed by atoms with Gasteiger partial charge in [-0.05, 0) is 40.7 Å². The maximum Gasteiger partial charge on any atom is 0.305 e. The molecule has 0 spiro atoms. The van der Waals surface area contributed by atoms with Crippen LogP contribution in [0.1, 0.15) is 53.4 Å². The Morgan fingerprint density at radius 1 is 1.04 bits per heavy atom. The molecule has 2 N–H and O–H groups in total. The van der Waals surface area contributed by atoms with Crippen molar-refractivity contribution < 1.29 is 29.2 Å². The molecule has 0 aromatic carbocycles. The summed E-state index contributed by atoms with van der Waals surface area (Å²) in [5.41, 5.74) is -1.45. The van der Waals surface area contributed by atoms with Gasteiger partial charge in [0.2, 0.25) is 0 Å². The minimum Gasteiger partial charge on any atom is -0.469 e. The highest BCUT2D eigenvalue weighted by atomic mass is 16.7. The number of esters is 1. The molecule has 0 aliphatic carbocycles. The predicted molar refractivity (Wildman–Crippen MR) is 94.2 cm³/mol. The van der Waals surface area contributed by atoms with E-state index in [0.717, 1.165) is 26.1 Å². The van der Waals surface area contributed by atoms with Crippen LogP contribution < -0.4 is 0 Å². The van der Waals surface area contributed by atoms with E-state index in [2.05, 4.69) is 9.64 Å². The summed E-state index contributed by atoms with van der Waals surface area (Å²) in [6.45, 7) is 9.44. The number of aliphatic hydroxyl groups is 2. The van der Waals surface area contributed by atoms with Crippen LogP contribution in [0.5, 0.6) is 0 Å². The topological polar surface area (TPSA) is 88.5 Å². The van der Waals surface area contributed by atoms with E-state index in [9.17, 15) is 15.0 Å². The van der Waals surface area contributed by atoms with Gasteiger partial charge >= 0.3 is 5.97 Å². The molecule has 0 amide bonds. The monoisotopic (exact) mass is 361 g/mol. The highest BCUT2D eigenvalue weighted by Gasteiger charge is 2.44. The second-order valence-electron chi connectivity index (χ2n) is 7.97. The number of carbonyl (C=O) groups is 1. The number of aliphatic hydroxyl groups excluding tert-OH is 2. The summed E-state index contributed by atoms with van der Waals surface area (Å²) in [7, 11) is 1.40. The largest absolute Gasteiger partial charge is 0.469 e. The van der Waals surface area contributed by atoms with Gasteiger partial charge in [0.05, 0.1) is 31.5 Å². The highest BCUT2D eigenvalue weighted by molar-refractivity contribution is 5.69. The lowest BCUT2D eigenvalue weighted by Crippen LogP contribution is -2.56. The smallest absolute Gasteiger partial charge is 0.305 e. The first-order valence-corrected chi connectivity index (χ1v) is 8.98. The van der Waals surface area contributed by atoms with E-state index in [1.807, 2.05) is 27.7 Å². The van der Waals surface area contributed by atoms with Crippen molar-refractivity contribution in [2.45, 2.75) is 70.4 Å². The first kappa shape index (κ1) is 22.3. The van der Waals surface area contributed by atoms with Crippen LogP contribution in [0.4, 0.5) is 0 Å². The third-order valence-electron chi connectivity index (χ3n) is 4.39. The Balaban J connectivity index is 2.67. The molecule has 1 rings (SSSR count). The van der Waals surface area contributed by atoms with Crippen LogP contribution in [-0.4, -0.2) is 78.0 Å². The number of ether oxygens (including phenoxy) is 3. The molecule has 0 saturated carbocycles. The van der Waals surface area contributed by atoms with E-state index in [1.54, 1.807) is 0 Å². The number of likely N-dealkylation sites (tertiary alicyclic amines) is 1. The number of hydrogen-bond donors (Lipinski definition) is 2. The average Bonchev–Trinajstić information content (AvgIpc) is 2.55. The molecule has 1 aliphatic rings. The number of carbonyl (C=O) groups excluding carboxylic acids is 1. The minimum absolute atomic E-state index is 0.111. The lowest BCUT2D eigenvalue weighted by molar-refractivity contribution is -0.338. The molecule has 0 bridgehead atoms. The number of rotatable bonds is 10. The van der Waals surface area contributed by atoms with Crippen molar-refractivity contribution >= 4 is 5.97 Å². The van der Waals surface area contributed by atoms with Crippen LogP contribution in [0.15, 0.2) is 0 Å². The normalized spacial score (nSPS) is 19.0. The van der Waals surface area contributed by atoms with Gasteiger partial charge in [-0.3, -0.25) is 4.79 Å². The van der Waals surface area contributed by atoms with Crippen LogP contribution in [0.25, 0.3) is 0 Å². The Bertz CT molecular complexity index is 396. The van der Waals surface area contributed by atoms with Gasteiger partial charge in [-0.1, -0.05) is 0 Å². The van der Waals surface area contributed by atoms with E-state index in [4.69, 9.17) is 9.47 Å². The maximum absolute atomic E-state index is 11.2. The number of nitrogens with zero attached hydrogens (tertiary/aromatic N) is 1. The standard InChI is InChI=1S/C18H35NO6/c1-16(2,13-20)24-18(25-17(3,4)14-21)8-11-19(12-9-18)10-6-7-15(22)23-5/h20-21H,6-14H2,1-5H3. The zero-order valence-electron chi connectivity index (χ0n) is 16.3. The molecule has 1 aliphatic heterocycles. The van der Waals surface area contributed by atoms with Crippen molar-refractivity contribution in [3.63, 3.8) is 0 Å². The fourth-order valence-electron chi connectivity index (χ4n) is 2.96. The Morgan fingerprint density at radius 2 is 1.52 bits per heavy atom. The van der Waals surface area contributed by atoms with Crippen molar-refractivity contribution in [1.29, 1.82) is 0 Å². The molecule has 0 aromatic rings. The Labute approximate surface area is 151 Å². The Kier molecular flexibility index (Phi) is 8.28. The van der Waals surface area contributed by atoms with E-state index in [1.165, 1.54) is 7.11 Å². The second kappa shape index (κ2) is 9.28. The molecule has 148 valence electrons. The zero-order chi connectivity index (χ0) is 19.1.